The fraction of sp³-hybridized carbons (Fsp3) is 0.235. The molecule has 0 saturated carbocycles. The van der Waals surface area contributed by atoms with Crippen LogP contribution in [0.4, 0.5) is 5.69 Å². The number of rotatable bonds is 5. The monoisotopic (exact) mass is 319 g/mol. The second kappa shape index (κ2) is 7.53. The van der Waals surface area contributed by atoms with Gasteiger partial charge in [0.05, 0.1) is 16.5 Å². The molecular weight excluding hydrogens is 302 g/mol. The van der Waals surface area contributed by atoms with Crippen molar-refractivity contribution in [1.82, 2.24) is 0 Å². The highest BCUT2D eigenvalue weighted by Gasteiger charge is 2.10. The molecule has 1 atom stereocenters. The molecule has 0 radical (unpaired) electrons. The summed E-state index contributed by atoms with van der Waals surface area (Å²) < 4.78 is 0. The number of nitrogens with one attached hydrogen (secondary N) is 1. The highest BCUT2D eigenvalue weighted by molar-refractivity contribution is 8.00. The average Bonchev–Trinajstić information content (AvgIpc) is 2.48. The van der Waals surface area contributed by atoms with Gasteiger partial charge < -0.3 is 5.32 Å². The number of benzene rings is 2. The maximum absolute atomic E-state index is 12.0. The zero-order chi connectivity index (χ0) is 15.2. The van der Waals surface area contributed by atoms with Crippen LogP contribution in [0.15, 0.2) is 48.5 Å². The molecule has 2 nitrogen and oxygen atoms in total. The Morgan fingerprint density at radius 1 is 1.24 bits per heavy atom. The molecule has 2 rings (SSSR count). The summed E-state index contributed by atoms with van der Waals surface area (Å²) in [5.74, 6) is 0.369. The van der Waals surface area contributed by atoms with E-state index < -0.39 is 0 Å². The highest BCUT2D eigenvalue weighted by Crippen LogP contribution is 2.28. The van der Waals surface area contributed by atoms with Crippen molar-refractivity contribution in [2.75, 3.05) is 11.1 Å². The summed E-state index contributed by atoms with van der Waals surface area (Å²) in [5, 5.41) is 3.71. The minimum Gasteiger partial charge on any atom is -0.324 e. The lowest BCUT2D eigenvalue weighted by atomic mass is 10.2. The van der Waals surface area contributed by atoms with Gasteiger partial charge in [-0.3, -0.25) is 4.79 Å². The van der Waals surface area contributed by atoms with E-state index >= 15 is 0 Å². The smallest absolute Gasteiger partial charge is 0.234 e. The number of anilines is 1. The summed E-state index contributed by atoms with van der Waals surface area (Å²) in [7, 11) is 0. The number of thioether (sulfide) groups is 1. The average molecular weight is 320 g/mol. The van der Waals surface area contributed by atoms with Crippen LogP contribution in [-0.2, 0) is 4.79 Å². The third kappa shape index (κ3) is 4.80. The zero-order valence-corrected chi connectivity index (χ0v) is 13.7. The Labute approximate surface area is 134 Å². The SMILES string of the molecule is Cc1ccc(NC(=O)CS[C@@H](C)c2ccccc2)c(Cl)c1. The number of carbonyl (C=O) groups is 1. The van der Waals surface area contributed by atoms with Gasteiger partial charge in [-0.2, -0.15) is 0 Å². The molecule has 21 heavy (non-hydrogen) atoms. The summed E-state index contributed by atoms with van der Waals surface area (Å²) in [4.78, 5) is 12.0. The van der Waals surface area contributed by atoms with Crippen LogP contribution in [-0.4, -0.2) is 11.7 Å². The minimum absolute atomic E-state index is 0.0338. The van der Waals surface area contributed by atoms with E-state index in [2.05, 4.69) is 24.4 Å². The molecule has 0 fully saturated rings. The van der Waals surface area contributed by atoms with Gasteiger partial charge in [0.15, 0.2) is 0 Å². The molecule has 0 aliphatic carbocycles. The van der Waals surface area contributed by atoms with Gasteiger partial charge in [0.25, 0.3) is 0 Å². The van der Waals surface area contributed by atoms with Gasteiger partial charge in [-0.25, -0.2) is 0 Å². The number of amides is 1. The first-order valence-electron chi connectivity index (χ1n) is 6.79. The summed E-state index contributed by atoms with van der Waals surface area (Å²) in [6.07, 6.45) is 0. The van der Waals surface area contributed by atoms with Gasteiger partial charge in [0.1, 0.15) is 0 Å². The van der Waals surface area contributed by atoms with Gasteiger partial charge in [0, 0.05) is 5.25 Å². The first kappa shape index (κ1) is 15.9. The predicted molar refractivity (Wildman–Crippen MR) is 92.1 cm³/mol. The van der Waals surface area contributed by atoms with Crippen LogP contribution >= 0.6 is 23.4 Å². The van der Waals surface area contributed by atoms with Crippen molar-refractivity contribution in [2.24, 2.45) is 0 Å². The van der Waals surface area contributed by atoms with Gasteiger partial charge >= 0.3 is 0 Å². The van der Waals surface area contributed by atoms with Gasteiger partial charge in [-0.15, -0.1) is 11.8 Å². The summed E-state index contributed by atoms with van der Waals surface area (Å²) in [5.41, 5.74) is 2.97. The quantitative estimate of drug-likeness (QED) is 0.832. The number of hydrogen-bond donors (Lipinski definition) is 1. The molecule has 0 bridgehead atoms. The van der Waals surface area contributed by atoms with Crippen molar-refractivity contribution in [3.05, 3.63) is 64.7 Å². The van der Waals surface area contributed by atoms with Crippen molar-refractivity contribution in [2.45, 2.75) is 19.1 Å². The molecule has 1 amide bonds. The number of hydrogen-bond acceptors (Lipinski definition) is 2. The molecule has 2 aromatic carbocycles. The number of carbonyl (C=O) groups excluding carboxylic acids is 1. The Morgan fingerprint density at radius 2 is 1.95 bits per heavy atom. The Balaban J connectivity index is 1.87. The maximum Gasteiger partial charge on any atom is 0.234 e. The second-order valence-electron chi connectivity index (χ2n) is 4.90. The van der Waals surface area contributed by atoms with E-state index in [9.17, 15) is 4.79 Å². The Hall–Kier alpha value is -1.45. The maximum atomic E-state index is 12.0. The van der Waals surface area contributed by atoms with Gasteiger partial charge in [0.2, 0.25) is 5.91 Å². The molecule has 0 heterocycles. The van der Waals surface area contributed by atoms with E-state index in [0.29, 0.717) is 16.5 Å². The minimum atomic E-state index is -0.0338. The molecule has 0 aliphatic rings. The molecule has 0 unspecified atom stereocenters. The van der Waals surface area contributed by atoms with Crippen LogP contribution in [0.1, 0.15) is 23.3 Å². The van der Waals surface area contributed by atoms with Crippen molar-refractivity contribution >= 4 is 35.0 Å². The lowest BCUT2D eigenvalue weighted by Crippen LogP contribution is -2.15. The summed E-state index contributed by atoms with van der Waals surface area (Å²) in [6, 6.07) is 15.8. The van der Waals surface area contributed by atoms with Gasteiger partial charge in [-0.1, -0.05) is 48.0 Å². The molecule has 0 aliphatic heterocycles. The van der Waals surface area contributed by atoms with Crippen molar-refractivity contribution in [1.29, 1.82) is 0 Å². The topological polar surface area (TPSA) is 29.1 Å². The lowest BCUT2D eigenvalue weighted by Gasteiger charge is -2.12. The van der Waals surface area contributed by atoms with E-state index in [1.54, 1.807) is 11.8 Å². The fourth-order valence-corrected chi connectivity index (χ4v) is 3.03. The third-order valence-corrected chi connectivity index (χ3v) is 4.65. The molecular formula is C17H18ClNOS. The first-order chi connectivity index (χ1) is 10.1. The van der Waals surface area contributed by atoms with Crippen LogP contribution in [0.25, 0.3) is 0 Å². The number of halogens is 1. The Morgan fingerprint density at radius 3 is 2.62 bits per heavy atom. The van der Waals surface area contributed by atoms with E-state index in [1.165, 1.54) is 5.56 Å². The summed E-state index contributed by atoms with van der Waals surface area (Å²) >= 11 is 7.72. The zero-order valence-electron chi connectivity index (χ0n) is 12.1. The lowest BCUT2D eigenvalue weighted by molar-refractivity contribution is -0.113. The molecule has 2 aromatic rings. The fourth-order valence-electron chi connectivity index (χ4n) is 1.93. The van der Waals surface area contributed by atoms with Crippen LogP contribution in [0.5, 0.6) is 0 Å². The van der Waals surface area contributed by atoms with Crippen LogP contribution < -0.4 is 5.32 Å². The highest BCUT2D eigenvalue weighted by atomic mass is 35.5. The van der Waals surface area contributed by atoms with Crippen LogP contribution in [0.2, 0.25) is 5.02 Å². The first-order valence-corrected chi connectivity index (χ1v) is 8.21. The Kier molecular flexibility index (Phi) is 5.71. The molecule has 0 saturated heterocycles. The molecule has 4 heteroatoms. The second-order valence-corrected chi connectivity index (χ2v) is 6.63. The largest absolute Gasteiger partial charge is 0.324 e. The van der Waals surface area contributed by atoms with Crippen LogP contribution in [0.3, 0.4) is 0 Å². The summed E-state index contributed by atoms with van der Waals surface area (Å²) in [6.45, 7) is 4.07. The van der Waals surface area contributed by atoms with E-state index in [-0.39, 0.29) is 11.2 Å². The van der Waals surface area contributed by atoms with E-state index in [4.69, 9.17) is 11.6 Å². The molecule has 0 spiro atoms. The molecule has 0 aromatic heterocycles. The van der Waals surface area contributed by atoms with Gasteiger partial charge in [-0.05, 0) is 37.1 Å². The standard InChI is InChI=1S/C17H18ClNOS/c1-12-8-9-16(15(18)10-12)19-17(20)11-21-13(2)14-6-4-3-5-7-14/h3-10,13H,11H2,1-2H3,(H,19,20)/t13-/m0/s1. The van der Waals surface area contributed by atoms with E-state index in [0.717, 1.165) is 5.56 Å². The molecule has 110 valence electrons. The Bertz CT molecular complexity index is 615. The number of aryl methyl sites for hydroxylation is 1. The molecule has 1 N–H and O–H groups in total. The van der Waals surface area contributed by atoms with Crippen molar-refractivity contribution < 1.29 is 4.79 Å². The van der Waals surface area contributed by atoms with Crippen LogP contribution in [0, 0.1) is 6.92 Å². The van der Waals surface area contributed by atoms with E-state index in [1.807, 2.05) is 43.3 Å². The predicted octanol–water partition coefficient (Wildman–Crippen LogP) is 5.08. The normalized spacial score (nSPS) is 12.0. The van der Waals surface area contributed by atoms with Crippen molar-refractivity contribution in [3.8, 4) is 0 Å². The third-order valence-electron chi connectivity index (χ3n) is 3.13. The van der Waals surface area contributed by atoms with Crippen molar-refractivity contribution in [3.63, 3.8) is 0 Å².